The topological polar surface area (TPSA) is 126 Å². The number of rotatable bonds is 9. The van der Waals surface area contributed by atoms with Crippen LogP contribution in [0.4, 0.5) is 5.69 Å². The first kappa shape index (κ1) is 20.3. The standard InChI is InChI=1S/C15H21N3O4S2/c1-24-6-5-12(15(21)22)18-13(19)9-3-2-4-10(7-9)17-14(20)11(16)8-23/h2-4,7,11-12,23H,5-6,8,16H2,1H3,(H,17,20)(H,18,19)(H,21,22)/t11-,12-/m0/s1. The molecule has 0 spiro atoms. The van der Waals surface area contributed by atoms with E-state index in [1.165, 1.54) is 23.9 Å². The summed E-state index contributed by atoms with van der Waals surface area (Å²) in [6.45, 7) is 0. The van der Waals surface area contributed by atoms with Gasteiger partial charge in [0.1, 0.15) is 0 Å². The third-order valence-electron chi connectivity index (χ3n) is 3.18. The molecule has 1 aromatic carbocycles. The summed E-state index contributed by atoms with van der Waals surface area (Å²) < 4.78 is 0. The van der Waals surface area contributed by atoms with Crippen molar-refractivity contribution < 1.29 is 25.2 Å². The average molecular weight is 371 g/mol. The Kier molecular flexibility index (Phi) is 8.66. The maximum atomic E-state index is 12.2. The monoisotopic (exact) mass is 371 g/mol. The number of thiol groups is 1. The van der Waals surface area contributed by atoms with Crippen molar-refractivity contribution in [3.63, 3.8) is 0 Å². The Labute approximate surface area is 150 Å². The van der Waals surface area contributed by atoms with Gasteiger partial charge in [0.05, 0.1) is 17.8 Å². The van der Waals surface area contributed by atoms with Gasteiger partial charge in [-0.15, -0.1) is 0 Å². The van der Waals surface area contributed by atoms with Crippen LogP contribution < -0.4 is 21.5 Å². The van der Waals surface area contributed by atoms with Gasteiger partial charge < -0.3 is 26.3 Å². The number of thioether (sulfide) groups is 1. The molecule has 1 aromatic rings. The Bertz CT molecular complexity index is 598. The zero-order chi connectivity index (χ0) is 18.1. The number of benzene rings is 1. The number of nitrogens with one attached hydrogen (secondary N) is 2. The van der Waals surface area contributed by atoms with E-state index in [4.69, 9.17) is 0 Å². The van der Waals surface area contributed by atoms with Gasteiger partial charge in [0.2, 0.25) is 0 Å². The summed E-state index contributed by atoms with van der Waals surface area (Å²) in [6.07, 6.45) is 2.12. The molecule has 0 radical (unpaired) electrons. The maximum Gasteiger partial charge on any atom is 0.283 e. The van der Waals surface area contributed by atoms with E-state index < -0.39 is 24.0 Å². The lowest BCUT2D eigenvalue weighted by Crippen LogP contribution is -2.67. The average Bonchev–Trinajstić information content (AvgIpc) is 2.57. The van der Waals surface area contributed by atoms with Crippen molar-refractivity contribution in [3.8, 4) is 0 Å². The number of hydrogen-bond donors (Lipinski definition) is 4. The van der Waals surface area contributed by atoms with Crippen LogP contribution in [0.2, 0.25) is 0 Å². The first-order valence-corrected chi connectivity index (χ1v) is 9.27. The number of amides is 2. The van der Waals surface area contributed by atoms with Crippen LogP contribution in [0.25, 0.3) is 0 Å². The lowest BCUT2D eigenvalue weighted by Gasteiger charge is -2.19. The molecule has 0 aromatic heterocycles. The van der Waals surface area contributed by atoms with Crippen LogP contribution in [0.3, 0.4) is 0 Å². The molecule has 0 aliphatic carbocycles. The Balaban J connectivity index is 2.79. The second-order valence-electron chi connectivity index (χ2n) is 5.08. The number of carbonyl (C=O) groups is 3. The third-order valence-corrected chi connectivity index (χ3v) is 4.27. The van der Waals surface area contributed by atoms with E-state index in [1.54, 1.807) is 12.1 Å². The molecule has 0 aliphatic heterocycles. The summed E-state index contributed by atoms with van der Waals surface area (Å²) in [6, 6.07) is 4.66. The zero-order valence-electron chi connectivity index (χ0n) is 13.3. The fourth-order valence-electron chi connectivity index (χ4n) is 1.79. The smallest absolute Gasteiger partial charge is 0.283 e. The van der Waals surface area contributed by atoms with Crippen LogP contribution in [-0.4, -0.2) is 47.6 Å². The predicted octanol–water partition coefficient (Wildman–Crippen LogP) is -1.23. The van der Waals surface area contributed by atoms with Crippen molar-refractivity contribution >= 4 is 47.9 Å². The highest BCUT2D eigenvalue weighted by Gasteiger charge is 2.17. The summed E-state index contributed by atoms with van der Waals surface area (Å²) in [7, 11) is 0. The van der Waals surface area contributed by atoms with E-state index in [0.717, 1.165) is 0 Å². The SMILES string of the molecule is CSCC[C@H](NC(=O)c1cccc(NC(=O)[C@@H]([NH3+])CS)c1)C(=O)[O-]. The third kappa shape index (κ3) is 6.42. The molecular weight excluding hydrogens is 350 g/mol. The van der Waals surface area contributed by atoms with Crippen molar-refractivity contribution in [1.82, 2.24) is 5.32 Å². The molecule has 24 heavy (non-hydrogen) atoms. The zero-order valence-corrected chi connectivity index (χ0v) is 15.0. The number of hydrogen-bond acceptors (Lipinski definition) is 6. The largest absolute Gasteiger partial charge is 0.548 e. The van der Waals surface area contributed by atoms with Crippen LogP contribution >= 0.6 is 24.4 Å². The molecule has 0 aliphatic rings. The van der Waals surface area contributed by atoms with Crippen LogP contribution in [-0.2, 0) is 9.59 Å². The molecule has 0 unspecified atom stereocenters. The van der Waals surface area contributed by atoms with Crippen LogP contribution in [0.5, 0.6) is 0 Å². The summed E-state index contributed by atoms with van der Waals surface area (Å²) in [5.41, 5.74) is 4.33. The van der Waals surface area contributed by atoms with E-state index in [-0.39, 0.29) is 17.9 Å². The summed E-state index contributed by atoms with van der Waals surface area (Å²) in [5.74, 6) is -1.29. The number of carboxylic acid groups (broad SMARTS) is 1. The van der Waals surface area contributed by atoms with Crippen molar-refractivity contribution in [1.29, 1.82) is 0 Å². The molecule has 1 rings (SSSR count). The van der Waals surface area contributed by atoms with E-state index in [2.05, 4.69) is 29.0 Å². The number of carboxylic acids is 1. The Hall–Kier alpha value is -1.71. The first-order valence-electron chi connectivity index (χ1n) is 7.24. The molecule has 0 fully saturated rings. The van der Waals surface area contributed by atoms with E-state index in [0.29, 0.717) is 17.2 Å². The number of aliphatic carboxylic acids is 1. The molecule has 0 saturated heterocycles. The van der Waals surface area contributed by atoms with Gasteiger partial charge in [0, 0.05) is 11.3 Å². The Morgan fingerprint density at radius 1 is 1.38 bits per heavy atom. The minimum Gasteiger partial charge on any atom is -0.548 e. The molecular formula is C15H21N3O4S2. The van der Waals surface area contributed by atoms with E-state index >= 15 is 0 Å². The molecule has 7 nitrogen and oxygen atoms in total. The maximum absolute atomic E-state index is 12.2. The Morgan fingerprint density at radius 3 is 2.67 bits per heavy atom. The predicted molar refractivity (Wildman–Crippen MR) is 94.9 cm³/mol. The van der Waals surface area contributed by atoms with Gasteiger partial charge in [-0.1, -0.05) is 6.07 Å². The van der Waals surface area contributed by atoms with E-state index in [1.807, 2.05) is 6.26 Å². The van der Waals surface area contributed by atoms with Gasteiger partial charge >= 0.3 is 0 Å². The van der Waals surface area contributed by atoms with Crippen molar-refractivity contribution in [2.24, 2.45) is 0 Å². The molecule has 0 bridgehead atoms. The second kappa shape index (κ2) is 10.2. The van der Waals surface area contributed by atoms with Crippen molar-refractivity contribution in [2.45, 2.75) is 18.5 Å². The van der Waals surface area contributed by atoms with Gasteiger partial charge in [-0.25, -0.2) is 0 Å². The lowest BCUT2D eigenvalue weighted by molar-refractivity contribution is -0.395. The van der Waals surface area contributed by atoms with Gasteiger partial charge in [0.25, 0.3) is 11.8 Å². The number of quaternary nitrogens is 1. The minimum absolute atomic E-state index is 0.245. The van der Waals surface area contributed by atoms with Crippen LogP contribution in [0, 0.1) is 0 Å². The second-order valence-corrected chi connectivity index (χ2v) is 6.43. The molecule has 0 heterocycles. The van der Waals surface area contributed by atoms with Gasteiger partial charge in [-0.2, -0.15) is 24.4 Å². The summed E-state index contributed by atoms with van der Waals surface area (Å²) >= 11 is 5.49. The van der Waals surface area contributed by atoms with Crippen LogP contribution in [0.1, 0.15) is 16.8 Å². The lowest BCUT2D eigenvalue weighted by atomic mass is 10.1. The quantitative estimate of drug-likeness (QED) is 0.404. The molecule has 5 N–H and O–H groups in total. The van der Waals surface area contributed by atoms with Crippen molar-refractivity contribution in [3.05, 3.63) is 29.8 Å². The highest BCUT2D eigenvalue weighted by Crippen LogP contribution is 2.12. The highest BCUT2D eigenvalue weighted by atomic mass is 32.2. The number of carbonyl (C=O) groups excluding carboxylic acids is 3. The fourth-order valence-corrected chi connectivity index (χ4v) is 2.43. The fraction of sp³-hybridized carbons (Fsp3) is 0.400. The summed E-state index contributed by atoms with van der Waals surface area (Å²) in [5, 5.41) is 16.2. The summed E-state index contributed by atoms with van der Waals surface area (Å²) in [4.78, 5) is 35.1. The van der Waals surface area contributed by atoms with Crippen LogP contribution in [0.15, 0.2) is 24.3 Å². The van der Waals surface area contributed by atoms with Gasteiger partial charge in [-0.3, -0.25) is 9.59 Å². The molecule has 132 valence electrons. The van der Waals surface area contributed by atoms with Crippen molar-refractivity contribution in [2.75, 3.05) is 23.1 Å². The first-order chi connectivity index (χ1) is 11.4. The molecule has 9 heteroatoms. The number of anilines is 1. The highest BCUT2D eigenvalue weighted by molar-refractivity contribution is 7.98. The normalized spacial score (nSPS) is 13.0. The molecule has 2 atom stereocenters. The van der Waals surface area contributed by atoms with E-state index in [9.17, 15) is 19.5 Å². The Morgan fingerprint density at radius 2 is 2.08 bits per heavy atom. The molecule has 2 amide bonds. The van der Waals surface area contributed by atoms with Gasteiger partial charge in [-0.05, 0) is 36.6 Å². The molecule has 0 saturated carbocycles. The van der Waals surface area contributed by atoms with Gasteiger partial charge in [0.15, 0.2) is 6.04 Å². The minimum atomic E-state index is -1.32.